The molecule has 1 unspecified atom stereocenters. The second-order valence-electron chi connectivity index (χ2n) is 6.81. The SMILES string of the molecule is CCCOC(=O)CC1C(=O)NCCN1CC(=O)Nc1ccc2ccccc2c1. The maximum atomic E-state index is 12.5. The van der Waals surface area contributed by atoms with Crippen LogP contribution in [-0.2, 0) is 19.1 Å². The van der Waals surface area contributed by atoms with Crippen molar-refractivity contribution in [3.63, 3.8) is 0 Å². The summed E-state index contributed by atoms with van der Waals surface area (Å²) in [5.74, 6) is -0.904. The van der Waals surface area contributed by atoms with Crippen LogP contribution in [0.1, 0.15) is 19.8 Å². The average molecular weight is 383 g/mol. The Hall–Kier alpha value is -2.93. The third-order valence-electron chi connectivity index (χ3n) is 4.65. The molecule has 3 rings (SSSR count). The molecule has 2 aromatic rings. The van der Waals surface area contributed by atoms with Gasteiger partial charge in [0, 0.05) is 18.8 Å². The Morgan fingerprint density at radius 3 is 2.79 bits per heavy atom. The highest BCUT2D eigenvalue weighted by Crippen LogP contribution is 2.19. The molecule has 1 saturated heterocycles. The number of rotatable bonds is 7. The normalized spacial score (nSPS) is 17.2. The smallest absolute Gasteiger partial charge is 0.307 e. The van der Waals surface area contributed by atoms with Crippen molar-refractivity contribution in [2.75, 3.05) is 31.6 Å². The number of carbonyl (C=O) groups excluding carboxylic acids is 3. The topological polar surface area (TPSA) is 87.7 Å². The third-order valence-corrected chi connectivity index (χ3v) is 4.65. The van der Waals surface area contributed by atoms with E-state index in [1.54, 1.807) is 4.90 Å². The molecule has 0 aromatic heterocycles. The minimum Gasteiger partial charge on any atom is -0.466 e. The second-order valence-corrected chi connectivity index (χ2v) is 6.81. The summed E-state index contributed by atoms with van der Waals surface area (Å²) in [6.45, 7) is 3.22. The Balaban J connectivity index is 1.62. The highest BCUT2D eigenvalue weighted by atomic mass is 16.5. The van der Waals surface area contributed by atoms with Gasteiger partial charge in [-0.05, 0) is 29.3 Å². The molecule has 1 fully saturated rings. The van der Waals surface area contributed by atoms with Crippen molar-refractivity contribution in [1.82, 2.24) is 10.2 Å². The first-order valence-electron chi connectivity index (χ1n) is 9.53. The first-order valence-corrected chi connectivity index (χ1v) is 9.53. The van der Waals surface area contributed by atoms with E-state index in [1.165, 1.54) is 0 Å². The molecule has 1 aliphatic heterocycles. The molecule has 7 heteroatoms. The van der Waals surface area contributed by atoms with E-state index in [2.05, 4.69) is 10.6 Å². The summed E-state index contributed by atoms with van der Waals surface area (Å²) in [6.07, 6.45) is 0.662. The zero-order valence-corrected chi connectivity index (χ0v) is 15.9. The van der Waals surface area contributed by atoms with Gasteiger partial charge in [0.1, 0.15) is 6.04 Å². The van der Waals surface area contributed by atoms with Crippen LogP contribution in [-0.4, -0.2) is 55.0 Å². The second kappa shape index (κ2) is 9.32. The fraction of sp³-hybridized carbons (Fsp3) is 0.381. The molecule has 2 aromatic carbocycles. The van der Waals surface area contributed by atoms with Crippen LogP contribution in [0.3, 0.4) is 0 Å². The predicted octanol–water partition coefficient (Wildman–Crippen LogP) is 1.92. The summed E-state index contributed by atoms with van der Waals surface area (Å²) in [5, 5.41) is 7.75. The molecule has 0 radical (unpaired) electrons. The third kappa shape index (κ3) is 5.07. The van der Waals surface area contributed by atoms with Crippen LogP contribution in [0.25, 0.3) is 10.8 Å². The van der Waals surface area contributed by atoms with Crippen LogP contribution < -0.4 is 10.6 Å². The number of piperazine rings is 1. The van der Waals surface area contributed by atoms with Crippen LogP contribution in [0, 0.1) is 0 Å². The standard InChI is InChI=1S/C21H25N3O4/c1-2-11-28-20(26)13-18-21(27)22-9-10-24(18)14-19(25)23-17-8-7-15-5-3-4-6-16(15)12-17/h3-8,12,18H,2,9-11,13-14H2,1H3,(H,22,27)(H,23,25). The molecule has 1 aliphatic rings. The first-order chi connectivity index (χ1) is 13.6. The molecule has 0 bridgehead atoms. The van der Waals surface area contributed by atoms with Gasteiger partial charge in [0.2, 0.25) is 11.8 Å². The van der Waals surface area contributed by atoms with E-state index in [0.717, 1.165) is 17.2 Å². The van der Waals surface area contributed by atoms with Crippen molar-refractivity contribution in [3.05, 3.63) is 42.5 Å². The van der Waals surface area contributed by atoms with Crippen LogP contribution in [0.5, 0.6) is 0 Å². The van der Waals surface area contributed by atoms with Crippen molar-refractivity contribution in [2.45, 2.75) is 25.8 Å². The largest absolute Gasteiger partial charge is 0.466 e. The number of hydrogen-bond acceptors (Lipinski definition) is 5. The molecular formula is C21H25N3O4. The number of nitrogens with zero attached hydrogens (tertiary/aromatic N) is 1. The Morgan fingerprint density at radius 2 is 2.00 bits per heavy atom. The lowest BCUT2D eigenvalue weighted by molar-refractivity contribution is -0.148. The van der Waals surface area contributed by atoms with Gasteiger partial charge in [0.15, 0.2) is 0 Å². The Labute approximate surface area is 164 Å². The van der Waals surface area contributed by atoms with Gasteiger partial charge in [-0.2, -0.15) is 0 Å². The minimum absolute atomic E-state index is 0.0337. The van der Waals surface area contributed by atoms with Gasteiger partial charge >= 0.3 is 5.97 Å². The summed E-state index contributed by atoms with van der Waals surface area (Å²) in [5.41, 5.74) is 0.698. The molecule has 1 heterocycles. The molecule has 2 N–H and O–H groups in total. The van der Waals surface area contributed by atoms with Gasteiger partial charge in [0.25, 0.3) is 0 Å². The number of benzene rings is 2. The number of carbonyl (C=O) groups is 3. The van der Waals surface area contributed by atoms with Gasteiger partial charge < -0.3 is 15.4 Å². The molecular weight excluding hydrogens is 358 g/mol. The van der Waals surface area contributed by atoms with Crippen molar-refractivity contribution in [1.29, 1.82) is 0 Å². The van der Waals surface area contributed by atoms with Gasteiger partial charge in [-0.1, -0.05) is 37.3 Å². The highest BCUT2D eigenvalue weighted by Gasteiger charge is 2.33. The number of fused-ring (bicyclic) bond motifs is 1. The van der Waals surface area contributed by atoms with E-state index in [1.807, 2.05) is 49.4 Å². The summed E-state index contributed by atoms with van der Waals surface area (Å²) >= 11 is 0. The molecule has 28 heavy (non-hydrogen) atoms. The Kier molecular flexibility index (Phi) is 6.60. The number of hydrogen-bond donors (Lipinski definition) is 2. The number of esters is 1. The fourth-order valence-corrected chi connectivity index (χ4v) is 3.26. The van der Waals surface area contributed by atoms with Gasteiger partial charge in [-0.15, -0.1) is 0 Å². The lowest BCUT2D eigenvalue weighted by Gasteiger charge is -2.33. The predicted molar refractivity (Wildman–Crippen MR) is 107 cm³/mol. The van der Waals surface area contributed by atoms with Crippen molar-refractivity contribution in [2.24, 2.45) is 0 Å². The van der Waals surface area contributed by atoms with Crippen molar-refractivity contribution >= 4 is 34.2 Å². The van der Waals surface area contributed by atoms with Gasteiger partial charge in [-0.25, -0.2) is 0 Å². The molecule has 2 amide bonds. The molecule has 0 saturated carbocycles. The van der Waals surface area contributed by atoms with E-state index < -0.39 is 12.0 Å². The lowest BCUT2D eigenvalue weighted by atomic mass is 10.1. The molecule has 1 atom stereocenters. The molecule has 7 nitrogen and oxygen atoms in total. The number of amides is 2. The van der Waals surface area contributed by atoms with E-state index in [9.17, 15) is 14.4 Å². The van der Waals surface area contributed by atoms with E-state index in [0.29, 0.717) is 25.4 Å². The van der Waals surface area contributed by atoms with Crippen LogP contribution in [0.4, 0.5) is 5.69 Å². The van der Waals surface area contributed by atoms with Gasteiger partial charge in [-0.3, -0.25) is 19.3 Å². The van der Waals surface area contributed by atoms with E-state index in [4.69, 9.17) is 4.74 Å². The lowest BCUT2D eigenvalue weighted by Crippen LogP contribution is -2.57. The monoisotopic (exact) mass is 383 g/mol. The molecule has 0 aliphatic carbocycles. The van der Waals surface area contributed by atoms with Crippen molar-refractivity contribution < 1.29 is 19.1 Å². The fourth-order valence-electron chi connectivity index (χ4n) is 3.26. The zero-order chi connectivity index (χ0) is 19.9. The Morgan fingerprint density at radius 1 is 1.21 bits per heavy atom. The average Bonchev–Trinajstić information content (AvgIpc) is 2.69. The highest BCUT2D eigenvalue weighted by molar-refractivity contribution is 5.96. The van der Waals surface area contributed by atoms with Crippen LogP contribution in [0.15, 0.2) is 42.5 Å². The van der Waals surface area contributed by atoms with E-state index >= 15 is 0 Å². The number of anilines is 1. The number of ether oxygens (including phenoxy) is 1. The quantitative estimate of drug-likeness (QED) is 0.714. The number of nitrogens with one attached hydrogen (secondary N) is 2. The first kappa shape index (κ1) is 19.8. The molecule has 148 valence electrons. The maximum absolute atomic E-state index is 12.5. The maximum Gasteiger partial charge on any atom is 0.307 e. The molecule has 0 spiro atoms. The zero-order valence-electron chi connectivity index (χ0n) is 15.9. The Bertz CT molecular complexity index is 868. The van der Waals surface area contributed by atoms with Gasteiger partial charge in [0.05, 0.1) is 19.6 Å². The summed E-state index contributed by atoms with van der Waals surface area (Å²) in [6, 6.07) is 12.9. The van der Waals surface area contributed by atoms with Crippen LogP contribution >= 0.6 is 0 Å². The minimum atomic E-state index is -0.694. The summed E-state index contributed by atoms with van der Waals surface area (Å²) < 4.78 is 5.09. The van der Waals surface area contributed by atoms with Crippen LogP contribution in [0.2, 0.25) is 0 Å². The summed E-state index contributed by atoms with van der Waals surface area (Å²) in [7, 11) is 0. The van der Waals surface area contributed by atoms with Crippen molar-refractivity contribution in [3.8, 4) is 0 Å². The summed E-state index contributed by atoms with van der Waals surface area (Å²) in [4.78, 5) is 38.4. The van der Waals surface area contributed by atoms with E-state index in [-0.39, 0.29) is 24.8 Å².